The predicted octanol–water partition coefficient (Wildman–Crippen LogP) is 4.82. The van der Waals surface area contributed by atoms with Crippen molar-refractivity contribution in [3.8, 4) is 16.5 Å². The summed E-state index contributed by atoms with van der Waals surface area (Å²) in [5.41, 5.74) is 1.99. The molecule has 30 heavy (non-hydrogen) atoms. The molecule has 3 heterocycles. The number of thioether (sulfide) groups is 1. The Balaban J connectivity index is 1.36. The van der Waals surface area contributed by atoms with Crippen LogP contribution < -0.4 is 4.74 Å². The highest BCUT2D eigenvalue weighted by molar-refractivity contribution is 7.98. The van der Waals surface area contributed by atoms with Gasteiger partial charge in [0.15, 0.2) is 0 Å². The number of rotatable bonds is 6. The molecule has 0 bridgehead atoms. The third-order valence-electron chi connectivity index (χ3n) is 5.43. The second kappa shape index (κ2) is 9.26. The molecule has 2 aromatic heterocycles. The lowest BCUT2D eigenvalue weighted by atomic mass is 9.92. The molecule has 0 aliphatic carbocycles. The largest absolute Gasteiger partial charge is 0.466 e. The molecule has 1 aliphatic heterocycles. The monoisotopic (exact) mass is 446 g/mol. The number of amides is 1. The van der Waals surface area contributed by atoms with Gasteiger partial charge >= 0.3 is 6.09 Å². The summed E-state index contributed by atoms with van der Waals surface area (Å²) in [5.74, 6) is 0.386. The summed E-state index contributed by atoms with van der Waals surface area (Å²) in [5, 5.41) is 5.18. The molecule has 4 rings (SSSR count). The topological polar surface area (TPSA) is 69.0 Å². The van der Waals surface area contributed by atoms with Gasteiger partial charge in [-0.2, -0.15) is 0 Å². The summed E-state index contributed by atoms with van der Waals surface area (Å²) in [6.07, 6.45) is 5.62. The quantitative estimate of drug-likeness (QED) is 0.506. The van der Waals surface area contributed by atoms with E-state index in [0.29, 0.717) is 30.8 Å². The minimum Gasteiger partial charge on any atom is -0.466 e. The highest BCUT2D eigenvalue weighted by Crippen LogP contribution is 2.30. The standard InChI is InChI=1S/C21H26N4O3S2/c1-4-27-21(26)24-11-9-15(10-12-24)14(2)28-20-23-25-13-18(22-19(25)30-20)16-5-7-17(29-3)8-6-16/h5-8,13-15H,4,9-12H2,1-3H3. The van der Waals surface area contributed by atoms with Gasteiger partial charge in [0.2, 0.25) is 4.96 Å². The zero-order chi connectivity index (χ0) is 21.1. The van der Waals surface area contributed by atoms with Gasteiger partial charge in [-0.3, -0.25) is 0 Å². The molecule has 1 amide bonds. The zero-order valence-electron chi connectivity index (χ0n) is 17.4. The molecule has 0 radical (unpaired) electrons. The SMILES string of the molecule is CCOC(=O)N1CCC(C(C)Oc2nn3cc(-c4ccc(SC)cc4)nc3s2)CC1. The van der Waals surface area contributed by atoms with Crippen LogP contribution >= 0.6 is 23.1 Å². The molecule has 160 valence electrons. The minimum absolute atomic E-state index is 0.0313. The maximum atomic E-state index is 11.9. The van der Waals surface area contributed by atoms with Gasteiger partial charge in [-0.1, -0.05) is 12.1 Å². The van der Waals surface area contributed by atoms with Gasteiger partial charge in [0.25, 0.3) is 5.19 Å². The fourth-order valence-corrected chi connectivity index (χ4v) is 4.88. The molecule has 1 aliphatic rings. The Kier molecular flexibility index (Phi) is 6.48. The van der Waals surface area contributed by atoms with Gasteiger partial charge in [-0.15, -0.1) is 16.9 Å². The van der Waals surface area contributed by atoms with Crippen LogP contribution in [0.15, 0.2) is 35.4 Å². The maximum Gasteiger partial charge on any atom is 0.409 e. The number of fused-ring (bicyclic) bond motifs is 1. The Morgan fingerprint density at radius 3 is 2.67 bits per heavy atom. The average Bonchev–Trinajstić information content (AvgIpc) is 3.33. The van der Waals surface area contributed by atoms with Crippen molar-refractivity contribution >= 4 is 34.2 Å². The lowest BCUT2D eigenvalue weighted by Gasteiger charge is -2.33. The van der Waals surface area contributed by atoms with E-state index in [0.717, 1.165) is 29.1 Å². The Bertz CT molecular complexity index is 962. The van der Waals surface area contributed by atoms with Crippen LogP contribution in [0.25, 0.3) is 16.2 Å². The van der Waals surface area contributed by atoms with Crippen LogP contribution in [0.1, 0.15) is 26.7 Å². The molecule has 0 spiro atoms. The third-order valence-corrected chi connectivity index (χ3v) is 6.98. The Hall–Kier alpha value is -2.26. The number of likely N-dealkylation sites (tertiary alicyclic amines) is 1. The van der Waals surface area contributed by atoms with Gasteiger partial charge in [0.05, 0.1) is 18.5 Å². The van der Waals surface area contributed by atoms with E-state index < -0.39 is 0 Å². The first-order valence-electron chi connectivity index (χ1n) is 10.2. The van der Waals surface area contributed by atoms with E-state index in [-0.39, 0.29) is 12.2 Å². The summed E-state index contributed by atoms with van der Waals surface area (Å²) in [6.45, 7) is 5.73. The van der Waals surface area contributed by atoms with Crippen molar-refractivity contribution < 1.29 is 14.3 Å². The summed E-state index contributed by atoms with van der Waals surface area (Å²) >= 11 is 3.18. The van der Waals surface area contributed by atoms with Crippen LogP contribution in [0, 0.1) is 5.92 Å². The van der Waals surface area contributed by atoms with E-state index in [1.54, 1.807) is 21.2 Å². The molecule has 1 fully saturated rings. The highest BCUT2D eigenvalue weighted by atomic mass is 32.2. The minimum atomic E-state index is -0.218. The first kappa shape index (κ1) is 21.0. The van der Waals surface area contributed by atoms with Gasteiger partial charge in [-0.05, 0) is 62.3 Å². The smallest absolute Gasteiger partial charge is 0.409 e. The lowest BCUT2D eigenvalue weighted by Crippen LogP contribution is -2.42. The molecule has 3 aromatic rings. The number of nitrogens with zero attached hydrogens (tertiary/aromatic N) is 4. The molecule has 1 atom stereocenters. The third kappa shape index (κ3) is 4.57. The van der Waals surface area contributed by atoms with Crippen molar-refractivity contribution in [2.45, 2.75) is 37.7 Å². The highest BCUT2D eigenvalue weighted by Gasteiger charge is 2.28. The van der Waals surface area contributed by atoms with Crippen LogP contribution in [0.5, 0.6) is 5.19 Å². The Labute approximate surface area is 184 Å². The number of hydrogen-bond acceptors (Lipinski definition) is 7. The average molecular weight is 447 g/mol. The van der Waals surface area contributed by atoms with Crippen molar-refractivity contribution in [1.29, 1.82) is 0 Å². The number of carbonyl (C=O) groups excluding carboxylic acids is 1. The van der Waals surface area contributed by atoms with Gasteiger partial charge in [0, 0.05) is 23.5 Å². The summed E-state index contributed by atoms with van der Waals surface area (Å²) in [7, 11) is 0. The van der Waals surface area contributed by atoms with E-state index in [4.69, 9.17) is 14.5 Å². The van der Waals surface area contributed by atoms with Crippen LogP contribution in [0.4, 0.5) is 4.79 Å². The Morgan fingerprint density at radius 1 is 1.30 bits per heavy atom. The number of aromatic nitrogens is 3. The van der Waals surface area contributed by atoms with Crippen LogP contribution in [0.2, 0.25) is 0 Å². The molecule has 1 unspecified atom stereocenters. The van der Waals surface area contributed by atoms with E-state index in [2.05, 4.69) is 42.5 Å². The first-order valence-corrected chi connectivity index (χ1v) is 12.2. The molecular formula is C21H26N4O3S2. The fraction of sp³-hybridized carbons (Fsp3) is 0.476. The summed E-state index contributed by atoms with van der Waals surface area (Å²) in [4.78, 5) is 20.4. The van der Waals surface area contributed by atoms with E-state index in [1.807, 2.05) is 13.1 Å². The van der Waals surface area contributed by atoms with Gasteiger partial charge in [0.1, 0.15) is 6.10 Å². The molecular weight excluding hydrogens is 420 g/mol. The molecule has 0 N–H and O–H groups in total. The normalized spacial score (nSPS) is 16.0. The number of carbonyl (C=O) groups is 1. The van der Waals surface area contributed by atoms with Crippen LogP contribution in [0.3, 0.4) is 0 Å². The number of hydrogen-bond donors (Lipinski definition) is 0. The Morgan fingerprint density at radius 2 is 2.03 bits per heavy atom. The van der Waals surface area contributed by atoms with Gasteiger partial charge < -0.3 is 14.4 Å². The first-order chi connectivity index (χ1) is 14.6. The molecule has 9 heteroatoms. The van der Waals surface area contributed by atoms with E-state index in [9.17, 15) is 4.79 Å². The summed E-state index contributed by atoms with van der Waals surface area (Å²) in [6, 6.07) is 8.37. The van der Waals surface area contributed by atoms with Crippen LogP contribution in [-0.2, 0) is 4.74 Å². The number of benzene rings is 1. The fourth-order valence-electron chi connectivity index (χ4n) is 3.65. The van der Waals surface area contributed by atoms with E-state index >= 15 is 0 Å². The number of piperidine rings is 1. The number of ether oxygens (including phenoxy) is 2. The predicted molar refractivity (Wildman–Crippen MR) is 119 cm³/mol. The van der Waals surface area contributed by atoms with Crippen molar-refractivity contribution in [3.05, 3.63) is 30.5 Å². The lowest BCUT2D eigenvalue weighted by molar-refractivity contribution is 0.0656. The van der Waals surface area contributed by atoms with E-state index in [1.165, 1.54) is 16.2 Å². The van der Waals surface area contributed by atoms with Crippen molar-refractivity contribution in [2.75, 3.05) is 26.0 Å². The van der Waals surface area contributed by atoms with Crippen molar-refractivity contribution in [3.63, 3.8) is 0 Å². The second-order valence-electron chi connectivity index (χ2n) is 7.30. The van der Waals surface area contributed by atoms with Crippen molar-refractivity contribution in [2.24, 2.45) is 5.92 Å². The number of imidazole rings is 1. The maximum absolute atomic E-state index is 11.9. The van der Waals surface area contributed by atoms with Crippen molar-refractivity contribution in [1.82, 2.24) is 19.5 Å². The zero-order valence-corrected chi connectivity index (χ0v) is 19.0. The second-order valence-corrected chi connectivity index (χ2v) is 9.09. The van der Waals surface area contributed by atoms with Crippen LogP contribution in [-0.4, -0.2) is 57.6 Å². The van der Waals surface area contributed by atoms with Gasteiger partial charge in [-0.25, -0.2) is 14.3 Å². The summed E-state index contributed by atoms with van der Waals surface area (Å²) < 4.78 is 13.0. The molecule has 1 saturated heterocycles. The molecule has 1 aromatic carbocycles. The molecule has 0 saturated carbocycles. The molecule has 7 nitrogen and oxygen atoms in total.